The van der Waals surface area contributed by atoms with E-state index in [4.69, 9.17) is 10.2 Å². The zero-order chi connectivity index (χ0) is 13.9. The first-order chi connectivity index (χ1) is 9.75. The third kappa shape index (κ3) is 2.54. The van der Waals surface area contributed by atoms with Crippen LogP contribution < -0.4 is 5.73 Å². The Kier molecular flexibility index (Phi) is 3.69. The number of anilines is 1. The van der Waals surface area contributed by atoms with Gasteiger partial charge in [0.1, 0.15) is 5.76 Å². The molecule has 0 atom stereocenters. The minimum atomic E-state index is -0.0361. The van der Waals surface area contributed by atoms with Crippen molar-refractivity contribution in [1.82, 2.24) is 4.90 Å². The number of thioether (sulfide) groups is 1. The average molecular weight is 288 g/mol. The van der Waals surface area contributed by atoms with Crippen molar-refractivity contribution in [3.63, 3.8) is 0 Å². The van der Waals surface area contributed by atoms with E-state index >= 15 is 0 Å². The van der Waals surface area contributed by atoms with Crippen LogP contribution >= 0.6 is 11.8 Å². The lowest BCUT2D eigenvalue weighted by Crippen LogP contribution is -2.37. The Hall–Kier alpha value is -1.88. The van der Waals surface area contributed by atoms with Crippen molar-refractivity contribution in [2.24, 2.45) is 0 Å². The summed E-state index contributed by atoms with van der Waals surface area (Å²) in [6.45, 7) is 1.57. The van der Waals surface area contributed by atoms with E-state index in [1.54, 1.807) is 12.1 Å². The Morgan fingerprint density at radius 1 is 1.15 bits per heavy atom. The van der Waals surface area contributed by atoms with Crippen molar-refractivity contribution in [2.75, 3.05) is 30.3 Å². The maximum Gasteiger partial charge on any atom is 0.289 e. The number of amides is 1. The molecule has 2 heterocycles. The molecule has 0 bridgehead atoms. The third-order valence-corrected chi connectivity index (χ3v) is 4.28. The van der Waals surface area contributed by atoms with E-state index in [0.29, 0.717) is 17.2 Å². The monoisotopic (exact) mass is 288 g/mol. The van der Waals surface area contributed by atoms with E-state index < -0.39 is 0 Å². The molecule has 5 heteroatoms. The summed E-state index contributed by atoms with van der Waals surface area (Å²) in [6, 6.07) is 11.0. The molecule has 2 N–H and O–H groups in total. The zero-order valence-corrected chi connectivity index (χ0v) is 11.9. The van der Waals surface area contributed by atoms with Gasteiger partial charge in [-0.1, -0.05) is 12.1 Å². The fraction of sp³-hybridized carbons (Fsp3) is 0.267. The van der Waals surface area contributed by atoms with Gasteiger partial charge in [0.25, 0.3) is 5.91 Å². The summed E-state index contributed by atoms with van der Waals surface area (Å²) in [6.07, 6.45) is 0. The summed E-state index contributed by atoms with van der Waals surface area (Å²) in [7, 11) is 0. The smallest absolute Gasteiger partial charge is 0.289 e. The fourth-order valence-electron chi connectivity index (χ4n) is 2.24. The number of hydrogen-bond donors (Lipinski definition) is 1. The van der Waals surface area contributed by atoms with Crippen molar-refractivity contribution in [3.8, 4) is 11.3 Å². The molecule has 1 aromatic carbocycles. The van der Waals surface area contributed by atoms with Gasteiger partial charge in [0, 0.05) is 35.8 Å². The van der Waals surface area contributed by atoms with Gasteiger partial charge < -0.3 is 15.1 Å². The number of furan rings is 1. The summed E-state index contributed by atoms with van der Waals surface area (Å²) < 4.78 is 5.69. The number of rotatable bonds is 2. The highest BCUT2D eigenvalue weighted by molar-refractivity contribution is 7.99. The number of nitrogens with zero attached hydrogens (tertiary/aromatic N) is 1. The Balaban J connectivity index is 1.83. The first-order valence-corrected chi connectivity index (χ1v) is 7.73. The van der Waals surface area contributed by atoms with Crippen molar-refractivity contribution in [3.05, 3.63) is 42.2 Å². The second kappa shape index (κ2) is 5.63. The standard InChI is InChI=1S/C15H16N2O2S/c16-12-4-2-1-3-11(12)13-5-6-14(19-13)15(18)17-7-9-20-10-8-17/h1-6H,7-10,16H2. The van der Waals surface area contributed by atoms with E-state index in [1.165, 1.54) is 0 Å². The second-order valence-corrected chi connectivity index (χ2v) is 5.88. The van der Waals surface area contributed by atoms with E-state index in [0.717, 1.165) is 30.2 Å². The minimum Gasteiger partial charge on any atom is -0.451 e. The van der Waals surface area contributed by atoms with Crippen LogP contribution in [0.2, 0.25) is 0 Å². The van der Waals surface area contributed by atoms with Crippen LogP contribution in [-0.2, 0) is 0 Å². The van der Waals surface area contributed by atoms with E-state index in [-0.39, 0.29) is 5.91 Å². The first-order valence-electron chi connectivity index (χ1n) is 6.57. The van der Waals surface area contributed by atoms with Gasteiger partial charge in [0.15, 0.2) is 5.76 Å². The molecule has 1 saturated heterocycles. The van der Waals surface area contributed by atoms with Gasteiger partial charge in [-0.3, -0.25) is 4.79 Å². The zero-order valence-electron chi connectivity index (χ0n) is 11.0. The topological polar surface area (TPSA) is 59.5 Å². The van der Waals surface area contributed by atoms with Crippen LogP contribution in [0.4, 0.5) is 5.69 Å². The summed E-state index contributed by atoms with van der Waals surface area (Å²) >= 11 is 1.87. The molecule has 1 aromatic heterocycles. The highest BCUT2D eigenvalue weighted by Crippen LogP contribution is 2.28. The number of hydrogen-bond acceptors (Lipinski definition) is 4. The van der Waals surface area contributed by atoms with Crippen LogP contribution in [-0.4, -0.2) is 35.4 Å². The fourth-order valence-corrected chi connectivity index (χ4v) is 3.14. The maximum atomic E-state index is 12.3. The number of carbonyl (C=O) groups excluding carboxylic acids is 1. The average Bonchev–Trinajstić information content (AvgIpc) is 2.97. The van der Waals surface area contributed by atoms with Crippen LogP contribution in [0.1, 0.15) is 10.6 Å². The maximum absolute atomic E-state index is 12.3. The van der Waals surface area contributed by atoms with Crippen LogP contribution in [0.5, 0.6) is 0 Å². The predicted octanol–water partition coefficient (Wildman–Crippen LogP) is 2.72. The largest absolute Gasteiger partial charge is 0.451 e. The number of nitrogens with two attached hydrogens (primary N) is 1. The molecular formula is C15H16N2O2S. The number of para-hydroxylation sites is 1. The van der Waals surface area contributed by atoms with Crippen LogP contribution in [0.25, 0.3) is 11.3 Å². The summed E-state index contributed by atoms with van der Waals surface area (Å²) in [5.41, 5.74) is 7.39. The van der Waals surface area contributed by atoms with Crippen molar-refractivity contribution < 1.29 is 9.21 Å². The lowest BCUT2D eigenvalue weighted by Gasteiger charge is -2.25. The van der Waals surface area contributed by atoms with Crippen LogP contribution in [0.3, 0.4) is 0 Å². The van der Waals surface area contributed by atoms with Gasteiger partial charge in [0.2, 0.25) is 0 Å². The van der Waals surface area contributed by atoms with Crippen molar-refractivity contribution >= 4 is 23.4 Å². The Labute approximate surface area is 121 Å². The van der Waals surface area contributed by atoms with E-state index in [9.17, 15) is 4.79 Å². The van der Waals surface area contributed by atoms with Gasteiger partial charge in [-0.25, -0.2) is 0 Å². The molecule has 104 valence electrons. The Morgan fingerprint density at radius 3 is 2.65 bits per heavy atom. The molecule has 1 amide bonds. The number of benzene rings is 1. The highest BCUT2D eigenvalue weighted by Gasteiger charge is 2.21. The van der Waals surface area contributed by atoms with Gasteiger partial charge in [-0.15, -0.1) is 0 Å². The van der Waals surface area contributed by atoms with Crippen molar-refractivity contribution in [1.29, 1.82) is 0 Å². The molecule has 1 fully saturated rings. The first kappa shape index (κ1) is 13.1. The van der Waals surface area contributed by atoms with E-state index in [2.05, 4.69) is 0 Å². The Bertz CT molecular complexity index is 618. The van der Waals surface area contributed by atoms with Gasteiger partial charge in [-0.2, -0.15) is 11.8 Å². The molecule has 0 spiro atoms. The molecule has 3 rings (SSSR count). The predicted molar refractivity (Wildman–Crippen MR) is 81.8 cm³/mol. The molecule has 0 unspecified atom stereocenters. The molecule has 0 saturated carbocycles. The Morgan fingerprint density at radius 2 is 1.90 bits per heavy atom. The highest BCUT2D eigenvalue weighted by atomic mass is 32.2. The van der Waals surface area contributed by atoms with Gasteiger partial charge >= 0.3 is 0 Å². The molecule has 1 aliphatic heterocycles. The van der Waals surface area contributed by atoms with E-state index in [1.807, 2.05) is 40.9 Å². The lowest BCUT2D eigenvalue weighted by atomic mass is 10.1. The molecule has 20 heavy (non-hydrogen) atoms. The summed E-state index contributed by atoms with van der Waals surface area (Å²) in [5, 5.41) is 0. The minimum absolute atomic E-state index is 0.0361. The summed E-state index contributed by atoms with van der Waals surface area (Å²) in [5.74, 6) is 2.97. The number of carbonyl (C=O) groups is 1. The van der Waals surface area contributed by atoms with Crippen molar-refractivity contribution in [2.45, 2.75) is 0 Å². The van der Waals surface area contributed by atoms with Gasteiger partial charge in [-0.05, 0) is 24.3 Å². The lowest BCUT2D eigenvalue weighted by molar-refractivity contribution is 0.0741. The normalized spacial score (nSPS) is 15.3. The van der Waals surface area contributed by atoms with Crippen LogP contribution in [0, 0.1) is 0 Å². The second-order valence-electron chi connectivity index (χ2n) is 4.66. The van der Waals surface area contributed by atoms with Crippen LogP contribution in [0.15, 0.2) is 40.8 Å². The quantitative estimate of drug-likeness (QED) is 0.863. The number of nitrogen functional groups attached to an aromatic ring is 1. The molecule has 2 aromatic rings. The molecule has 0 aliphatic carbocycles. The molecular weight excluding hydrogens is 272 g/mol. The SMILES string of the molecule is Nc1ccccc1-c1ccc(C(=O)N2CCSCC2)o1. The molecule has 4 nitrogen and oxygen atoms in total. The summed E-state index contributed by atoms with van der Waals surface area (Å²) in [4.78, 5) is 14.2. The molecule has 0 radical (unpaired) electrons. The molecule has 1 aliphatic rings. The third-order valence-electron chi connectivity index (χ3n) is 3.34. The van der Waals surface area contributed by atoms with Gasteiger partial charge in [0.05, 0.1) is 0 Å².